The highest BCUT2D eigenvalue weighted by Gasteiger charge is 2.51. The van der Waals surface area contributed by atoms with Crippen molar-refractivity contribution in [1.82, 2.24) is 0 Å². The lowest BCUT2D eigenvalue weighted by atomic mass is 9.79. The van der Waals surface area contributed by atoms with Crippen molar-refractivity contribution < 1.29 is 27.2 Å². The lowest BCUT2D eigenvalue weighted by molar-refractivity contribution is -0.274. The molecule has 0 bridgehead atoms. The van der Waals surface area contributed by atoms with E-state index in [4.69, 9.17) is 9.31 Å². The third kappa shape index (κ3) is 3.09. The maximum Gasteiger partial charge on any atom is 0.573 e. The summed E-state index contributed by atoms with van der Waals surface area (Å²) in [6, 6.07) is 5.63. The fourth-order valence-corrected chi connectivity index (χ4v) is 1.84. The van der Waals surface area contributed by atoms with Gasteiger partial charge in [0.15, 0.2) is 0 Å². The van der Waals surface area contributed by atoms with Gasteiger partial charge in [0, 0.05) is 0 Å². The van der Waals surface area contributed by atoms with Gasteiger partial charge in [-0.25, -0.2) is 0 Å². The minimum absolute atomic E-state index is 0.287. The molecule has 1 heterocycles. The van der Waals surface area contributed by atoms with Gasteiger partial charge < -0.3 is 14.0 Å². The molecule has 0 unspecified atom stereocenters. The first-order chi connectivity index (χ1) is 9.00. The minimum atomic E-state index is -4.71. The smallest absolute Gasteiger partial charge is 0.406 e. The Balaban J connectivity index is 2.21. The van der Waals surface area contributed by atoms with Crippen LogP contribution in [0.2, 0.25) is 0 Å². The topological polar surface area (TPSA) is 27.7 Å². The van der Waals surface area contributed by atoms with Crippen molar-refractivity contribution in [2.45, 2.75) is 45.3 Å². The lowest BCUT2D eigenvalue weighted by Gasteiger charge is -2.32. The zero-order chi connectivity index (χ0) is 15.2. The van der Waals surface area contributed by atoms with Crippen molar-refractivity contribution in [1.29, 1.82) is 0 Å². The fraction of sp³-hybridized carbons (Fsp3) is 0.538. The van der Waals surface area contributed by atoms with Crippen LogP contribution < -0.4 is 10.2 Å². The number of rotatable bonds is 2. The summed E-state index contributed by atoms with van der Waals surface area (Å²) in [5, 5.41) is 0. The molecule has 0 saturated carbocycles. The van der Waals surface area contributed by atoms with Crippen molar-refractivity contribution in [3.05, 3.63) is 24.3 Å². The van der Waals surface area contributed by atoms with E-state index in [-0.39, 0.29) is 5.75 Å². The van der Waals surface area contributed by atoms with Crippen LogP contribution in [0.15, 0.2) is 24.3 Å². The average Bonchev–Trinajstić information content (AvgIpc) is 2.46. The molecule has 20 heavy (non-hydrogen) atoms. The third-order valence-electron chi connectivity index (χ3n) is 3.62. The number of hydrogen-bond acceptors (Lipinski definition) is 3. The van der Waals surface area contributed by atoms with E-state index in [2.05, 4.69) is 4.74 Å². The van der Waals surface area contributed by atoms with Crippen LogP contribution in [0, 0.1) is 0 Å². The van der Waals surface area contributed by atoms with Gasteiger partial charge in [-0.1, -0.05) is 12.1 Å². The lowest BCUT2D eigenvalue weighted by Crippen LogP contribution is -2.41. The van der Waals surface area contributed by atoms with Crippen molar-refractivity contribution in [2.24, 2.45) is 0 Å². The van der Waals surface area contributed by atoms with Gasteiger partial charge in [0.25, 0.3) is 0 Å². The molecule has 0 spiro atoms. The molecule has 1 aliphatic heterocycles. The Morgan fingerprint density at radius 2 is 1.60 bits per heavy atom. The SMILES string of the molecule is CC1(C)OB(c2cccc(OC(F)(F)F)c2)OC1(C)C. The molecule has 1 saturated heterocycles. The summed E-state index contributed by atoms with van der Waals surface area (Å²) in [5.74, 6) is -0.287. The highest BCUT2D eigenvalue weighted by Crippen LogP contribution is 2.36. The van der Waals surface area contributed by atoms with Gasteiger partial charge in [-0.3, -0.25) is 0 Å². The number of halogens is 3. The van der Waals surface area contributed by atoms with E-state index >= 15 is 0 Å². The molecule has 0 N–H and O–H groups in total. The van der Waals surface area contributed by atoms with Crippen molar-refractivity contribution in [3.63, 3.8) is 0 Å². The Morgan fingerprint density at radius 3 is 2.10 bits per heavy atom. The number of alkyl halides is 3. The number of ether oxygens (including phenoxy) is 1. The maximum absolute atomic E-state index is 12.2. The van der Waals surface area contributed by atoms with E-state index in [0.29, 0.717) is 5.46 Å². The molecular formula is C13H16BF3O3. The van der Waals surface area contributed by atoms with Crippen molar-refractivity contribution >= 4 is 12.6 Å². The fourth-order valence-electron chi connectivity index (χ4n) is 1.84. The summed E-state index contributed by atoms with van der Waals surface area (Å²) < 4.78 is 52.1. The van der Waals surface area contributed by atoms with E-state index in [1.807, 2.05) is 27.7 Å². The van der Waals surface area contributed by atoms with E-state index in [1.165, 1.54) is 18.2 Å². The Labute approximate surface area is 116 Å². The van der Waals surface area contributed by atoms with E-state index in [0.717, 1.165) is 0 Å². The van der Waals surface area contributed by atoms with Gasteiger partial charge in [0.1, 0.15) is 5.75 Å². The van der Waals surface area contributed by atoms with Gasteiger partial charge >= 0.3 is 13.5 Å². The molecule has 0 aromatic heterocycles. The first-order valence-corrected chi connectivity index (χ1v) is 6.21. The normalized spacial score (nSPS) is 21.1. The number of hydrogen-bond donors (Lipinski definition) is 0. The predicted molar refractivity (Wildman–Crippen MR) is 68.8 cm³/mol. The van der Waals surface area contributed by atoms with Gasteiger partial charge in [-0.05, 0) is 45.3 Å². The van der Waals surface area contributed by atoms with Gasteiger partial charge in [-0.15, -0.1) is 13.2 Å². The predicted octanol–water partition coefficient (Wildman–Crippen LogP) is 2.88. The zero-order valence-electron chi connectivity index (χ0n) is 11.7. The van der Waals surface area contributed by atoms with Crippen LogP contribution in [0.1, 0.15) is 27.7 Å². The van der Waals surface area contributed by atoms with Crippen LogP contribution in [0.25, 0.3) is 0 Å². The Hall–Kier alpha value is -1.21. The quantitative estimate of drug-likeness (QED) is 0.783. The molecule has 1 aromatic rings. The third-order valence-corrected chi connectivity index (χ3v) is 3.62. The summed E-state index contributed by atoms with van der Waals surface area (Å²) in [4.78, 5) is 0. The minimum Gasteiger partial charge on any atom is -0.406 e. The summed E-state index contributed by atoms with van der Waals surface area (Å²) in [6.45, 7) is 7.51. The molecule has 1 aliphatic rings. The highest BCUT2D eigenvalue weighted by molar-refractivity contribution is 6.62. The molecule has 2 rings (SSSR count). The molecule has 0 radical (unpaired) electrons. The molecule has 7 heteroatoms. The zero-order valence-corrected chi connectivity index (χ0v) is 11.7. The van der Waals surface area contributed by atoms with Crippen LogP contribution in [-0.4, -0.2) is 24.7 Å². The molecule has 110 valence electrons. The van der Waals surface area contributed by atoms with Crippen molar-refractivity contribution in [3.8, 4) is 5.75 Å². The Kier molecular flexibility index (Phi) is 3.54. The van der Waals surface area contributed by atoms with Gasteiger partial charge in [-0.2, -0.15) is 0 Å². The first kappa shape index (κ1) is 15.2. The summed E-state index contributed by atoms with van der Waals surface area (Å²) in [6.07, 6.45) is -4.71. The first-order valence-electron chi connectivity index (χ1n) is 6.21. The second kappa shape index (κ2) is 4.67. The standard InChI is InChI=1S/C13H16BF3O3/c1-11(2)12(3,4)20-14(19-11)9-6-5-7-10(8-9)18-13(15,16)17/h5-8H,1-4H3. The summed E-state index contributed by atoms with van der Waals surface area (Å²) in [5.41, 5.74) is -0.595. The molecule has 1 fully saturated rings. The van der Waals surface area contributed by atoms with Crippen LogP contribution in [-0.2, 0) is 9.31 Å². The van der Waals surface area contributed by atoms with Gasteiger partial charge in [0.05, 0.1) is 11.2 Å². The highest BCUT2D eigenvalue weighted by atomic mass is 19.4. The van der Waals surface area contributed by atoms with E-state index in [9.17, 15) is 13.2 Å². The van der Waals surface area contributed by atoms with Crippen LogP contribution in [0.3, 0.4) is 0 Å². The monoisotopic (exact) mass is 288 g/mol. The van der Waals surface area contributed by atoms with E-state index in [1.54, 1.807) is 6.07 Å². The van der Waals surface area contributed by atoms with Gasteiger partial charge in [0.2, 0.25) is 0 Å². The Morgan fingerprint density at radius 1 is 1.05 bits per heavy atom. The molecule has 0 amide bonds. The number of benzene rings is 1. The Bertz CT molecular complexity index is 484. The molecule has 0 atom stereocenters. The van der Waals surface area contributed by atoms with Crippen LogP contribution in [0.5, 0.6) is 5.75 Å². The van der Waals surface area contributed by atoms with Crippen LogP contribution in [0.4, 0.5) is 13.2 Å². The molecule has 3 nitrogen and oxygen atoms in total. The van der Waals surface area contributed by atoms with E-state index < -0.39 is 24.7 Å². The summed E-state index contributed by atoms with van der Waals surface area (Å²) in [7, 11) is -0.711. The van der Waals surface area contributed by atoms with Crippen LogP contribution >= 0.6 is 0 Å². The maximum atomic E-state index is 12.2. The van der Waals surface area contributed by atoms with Crippen molar-refractivity contribution in [2.75, 3.05) is 0 Å². The summed E-state index contributed by atoms with van der Waals surface area (Å²) >= 11 is 0. The second-order valence-corrected chi connectivity index (χ2v) is 5.71. The molecular weight excluding hydrogens is 272 g/mol. The average molecular weight is 288 g/mol. The molecule has 0 aliphatic carbocycles. The largest absolute Gasteiger partial charge is 0.573 e. The molecule has 1 aromatic carbocycles. The second-order valence-electron chi connectivity index (χ2n) is 5.71.